The van der Waals surface area contributed by atoms with Crippen LogP contribution in [0.25, 0.3) is 0 Å². The molecule has 0 heterocycles. The van der Waals surface area contributed by atoms with Crippen molar-refractivity contribution in [2.24, 2.45) is 0 Å². The second-order valence-corrected chi connectivity index (χ2v) is 2.65. The quantitative estimate of drug-likeness (QED) is 0.133. The molecule has 0 atom stereocenters. The molecule has 0 aromatic heterocycles. The molecule has 3 nitrogen and oxygen atoms in total. The number of carboxylic acid groups (broad SMARTS) is 1. The fraction of sp³-hybridized carbons (Fsp3) is 0.167. The van der Waals surface area contributed by atoms with Crippen molar-refractivity contribution in [2.75, 3.05) is 10.6 Å². The number of carbonyl (C=O) groups is 2. The van der Waals surface area contributed by atoms with Crippen LogP contribution in [0, 0.1) is 6.55 Å². The molecule has 0 saturated heterocycles. The number of halogens is 5. The normalized spacial score (nSPS) is 16.6. The fourth-order valence-electron chi connectivity index (χ4n) is 0. The van der Waals surface area contributed by atoms with Gasteiger partial charge in [0.1, 0.15) is 0 Å². The molecule has 0 aliphatic heterocycles. The maximum absolute atomic E-state index is 9.87. The topological polar surface area (TPSA) is 54.4 Å². The van der Waals surface area contributed by atoms with Crippen LogP contribution in [0.1, 0.15) is 21.9 Å². The van der Waals surface area contributed by atoms with Crippen LogP contribution in [0.2, 0.25) is 0 Å². The van der Waals surface area contributed by atoms with Gasteiger partial charge in [0.2, 0.25) is 5.24 Å². The average molecular weight is 607 g/mol. The van der Waals surface area contributed by atoms with Crippen molar-refractivity contribution < 1.29 is 53.6 Å². The molecule has 0 amide bonds. The van der Waals surface area contributed by atoms with Gasteiger partial charge in [-0.2, -0.15) is 0 Å². The number of aliphatic carboxylic acids is 1. The van der Waals surface area contributed by atoms with E-state index in [4.69, 9.17) is 38.6 Å². The Morgan fingerprint density at radius 1 is 1.38 bits per heavy atom. The smallest absolute Gasteiger partial charge is 1.00 e. The summed E-state index contributed by atoms with van der Waals surface area (Å²) in [4.78, 5) is 19.3. The van der Waals surface area contributed by atoms with Crippen molar-refractivity contribution in [1.82, 2.24) is 0 Å². The van der Waals surface area contributed by atoms with E-state index in [2.05, 4.69) is 47.8 Å². The monoisotopic (exact) mass is 602 g/mol. The van der Waals surface area contributed by atoms with Gasteiger partial charge in [-0.3, -0.25) is 11.3 Å². The molecule has 21 heavy (non-hydrogen) atoms. The van der Waals surface area contributed by atoms with E-state index in [1.54, 1.807) is 0 Å². The third-order valence-corrected chi connectivity index (χ3v) is 1.26. The van der Waals surface area contributed by atoms with E-state index >= 15 is 0 Å². The largest absolute Gasteiger partial charge is 2.00 e. The van der Waals surface area contributed by atoms with Crippen molar-refractivity contribution in [3.8, 4) is 0 Å². The molecule has 1 N–H and O–H groups in total. The zero-order valence-electron chi connectivity index (χ0n) is 25.9. The minimum atomic E-state index is -2.00. The Hall–Kier alpha value is 1.08. The second-order valence-electron chi connectivity index (χ2n) is 1.11. The number of hydrogen-bond donors (Lipinski definition) is 1. The van der Waals surface area contributed by atoms with Crippen molar-refractivity contribution in [3.05, 3.63) is 49.7 Å². The third kappa shape index (κ3) is 208. The van der Waals surface area contributed by atoms with Gasteiger partial charge in [-0.05, 0) is 22.6 Å². The van der Waals surface area contributed by atoms with E-state index < -0.39 is 60.0 Å². The van der Waals surface area contributed by atoms with E-state index in [0.717, 1.165) is 0 Å². The summed E-state index contributed by atoms with van der Waals surface area (Å²) < 4.78 is 103. The Bertz CT molecular complexity index is 723. The number of hydrogen-bond acceptors (Lipinski definition) is 2. The summed E-state index contributed by atoms with van der Waals surface area (Å²) in [5.74, 6) is -1.54. The maximum atomic E-state index is 9.87. The number of carboxylic acids is 1. The number of allylic oxidation sites excluding steroid dienone is 1. The Kier molecular flexibility index (Phi) is 28.2. The van der Waals surface area contributed by atoms with E-state index in [0.29, 0.717) is 0 Å². The number of alkyl halides is 2. The summed E-state index contributed by atoms with van der Waals surface area (Å²) in [6.45, 7) is -1.37. The van der Waals surface area contributed by atoms with Gasteiger partial charge in [0.25, 0.3) is 0 Å². The van der Waals surface area contributed by atoms with Crippen LogP contribution < -0.4 is 17.0 Å². The van der Waals surface area contributed by atoms with E-state index in [1.807, 2.05) is 0 Å². The Morgan fingerprint density at radius 3 is 1.76 bits per heavy atom. The minimum Gasteiger partial charge on any atom is -1.00 e. The Morgan fingerprint density at radius 2 is 1.76 bits per heavy atom. The SMILES string of the molecule is [2H]C([2H])(Br)C([2H])([2H])Br.[2H]C([2H])=C([2H])Br.[2H]C([2H])=C([2H])[13C](=O)Cl.[2H]C([2H])=C([2H])[13C](=O)O.[2H][C-]=C([2H])[2H].[Br-].[Mg+2]. The van der Waals surface area contributed by atoms with Gasteiger partial charge >= 0.3 is 29.0 Å². The molecule has 0 aromatic carbocycles. The number of rotatable bonds is 3. The van der Waals surface area contributed by atoms with Crippen molar-refractivity contribution in [2.45, 2.75) is 0 Å². The summed E-state index contributed by atoms with van der Waals surface area (Å²) in [5.41, 5.74) is 0. The van der Waals surface area contributed by atoms with Gasteiger partial charge in [-0.25, -0.2) is 6.17 Å². The first-order chi connectivity index (χ1) is 15.3. The number of carbonyl (C=O) groups excluding carboxylic acids is 1. The zero-order valence-corrected chi connectivity index (χ0v) is 18.4. The van der Waals surface area contributed by atoms with Gasteiger partial charge in [-0.1, -0.05) is 67.4 Å². The van der Waals surface area contributed by atoms with Gasteiger partial charge in [-0.15, -0.1) is 0 Å². The minimum absolute atomic E-state index is 0. The van der Waals surface area contributed by atoms with Crippen LogP contribution >= 0.6 is 59.4 Å². The first-order valence-corrected chi connectivity index (χ1v) is 5.89. The van der Waals surface area contributed by atoms with Crippen LogP contribution in [0.3, 0.4) is 0 Å². The van der Waals surface area contributed by atoms with Crippen molar-refractivity contribution in [3.63, 3.8) is 0 Å². The molecule has 9 heteroatoms. The molecule has 0 spiro atoms. The molecule has 0 radical (unpaired) electrons. The average Bonchev–Trinajstić information content (AvgIpc) is 2.66. The molecule has 120 valence electrons. The second kappa shape index (κ2) is 58.2. The van der Waals surface area contributed by atoms with Crippen LogP contribution in [-0.2, 0) is 9.59 Å². The molecule has 0 aromatic rings. The molecule has 0 aliphatic rings. The summed E-state index contributed by atoms with van der Waals surface area (Å²) >= 11 is 12.3. The molecule has 0 rings (SSSR count). The summed E-state index contributed by atoms with van der Waals surface area (Å²) in [5, 5.41) is 2.80. The summed E-state index contributed by atoms with van der Waals surface area (Å²) in [6, 6.07) is -1.75. The van der Waals surface area contributed by atoms with E-state index in [-0.39, 0.29) is 45.0 Å². The Labute approximate surface area is 206 Å². The van der Waals surface area contributed by atoms with Crippen LogP contribution in [0.4, 0.5) is 0 Å². The predicted molar refractivity (Wildman–Crippen MR) is 101 cm³/mol. The van der Waals surface area contributed by atoms with Crippen molar-refractivity contribution in [1.29, 1.82) is 0 Å². The molecular formula is C12H17Br4ClMgO3. The summed E-state index contributed by atoms with van der Waals surface area (Å²) in [6.07, 6.45) is 0. The fourth-order valence-corrected chi connectivity index (χ4v) is 0. The predicted octanol–water partition coefficient (Wildman–Crippen LogP) is 1.72. The Balaban J connectivity index is -0.0000000606. The summed E-state index contributed by atoms with van der Waals surface area (Å²) in [7, 11) is 0. The maximum Gasteiger partial charge on any atom is 2.00 e. The molecule has 0 bridgehead atoms. The van der Waals surface area contributed by atoms with Gasteiger partial charge < -0.3 is 28.6 Å². The first kappa shape index (κ1) is 10.2. The van der Waals surface area contributed by atoms with Crippen LogP contribution in [0.5, 0.6) is 0 Å². The van der Waals surface area contributed by atoms with Gasteiger partial charge in [0.15, 0.2) is 0 Å². The molecule has 0 saturated carbocycles. The van der Waals surface area contributed by atoms with E-state index in [1.165, 1.54) is 6.55 Å². The zero-order chi connectivity index (χ0) is 29.9. The molecule has 0 aliphatic carbocycles. The van der Waals surface area contributed by atoms with Crippen molar-refractivity contribution >= 4 is 93.7 Å². The third-order valence-electron chi connectivity index (χ3n) is 0.241. The van der Waals surface area contributed by atoms with Gasteiger partial charge in [0.05, 0.1) is 12.3 Å². The van der Waals surface area contributed by atoms with E-state index in [9.17, 15) is 9.59 Å². The van der Waals surface area contributed by atoms with Gasteiger partial charge in [0, 0.05) is 24.8 Å². The molecular weight excluding hydrogens is 573 g/mol. The van der Waals surface area contributed by atoms with Crippen LogP contribution in [-0.4, -0.2) is 49.9 Å². The molecule has 0 unspecified atom stereocenters. The van der Waals surface area contributed by atoms with Crippen LogP contribution in [0.15, 0.2) is 43.2 Å². The first-order valence-electron chi connectivity index (χ1n) is 11.1. The standard InChI is InChI=1S/C3H3ClO.C3H4O2.C2H4Br2.C2H3Br.C2H3.BrH.Mg/c2*1-2-3(4)5;3-1-2-4;1-2-3;1-2;;/h2H,1H2;2H,1H2,(H,4,5);1-2H2;2H,1H2;1H,2H2;1H;/q;;;;-1;;+2/p-1/i2*1D2,2D,3+1;1D2,2D2;1D2,2D;1D,2D2;;. The molecule has 0 fully saturated rings.